The van der Waals surface area contributed by atoms with Gasteiger partial charge in [0, 0.05) is 12.4 Å². The van der Waals surface area contributed by atoms with Crippen molar-refractivity contribution in [3.8, 4) is 0 Å². The SMILES string of the molecule is C/C(N=N)=C1\N=CC=CN1. The molecular formula is C6H8N4. The van der Waals surface area contributed by atoms with Gasteiger partial charge in [-0.3, -0.25) is 0 Å². The van der Waals surface area contributed by atoms with E-state index >= 15 is 0 Å². The summed E-state index contributed by atoms with van der Waals surface area (Å²) in [4.78, 5) is 3.94. The Morgan fingerprint density at radius 3 is 3.10 bits per heavy atom. The van der Waals surface area contributed by atoms with E-state index in [1.54, 1.807) is 25.4 Å². The van der Waals surface area contributed by atoms with E-state index in [0.717, 1.165) is 0 Å². The van der Waals surface area contributed by atoms with Gasteiger partial charge in [0.1, 0.15) is 5.70 Å². The van der Waals surface area contributed by atoms with Crippen LogP contribution >= 0.6 is 0 Å². The minimum Gasteiger partial charge on any atom is -0.345 e. The highest BCUT2D eigenvalue weighted by Gasteiger charge is 1.97. The maximum absolute atomic E-state index is 6.67. The maximum atomic E-state index is 6.67. The lowest BCUT2D eigenvalue weighted by Crippen LogP contribution is -2.07. The molecule has 0 saturated heterocycles. The Hall–Kier alpha value is -1.45. The summed E-state index contributed by atoms with van der Waals surface area (Å²) in [5.74, 6) is 0.637. The highest BCUT2D eigenvalue weighted by Crippen LogP contribution is 2.04. The van der Waals surface area contributed by atoms with Gasteiger partial charge in [-0.2, -0.15) is 5.11 Å². The van der Waals surface area contributed by atoms with E-state index in [1.165, 1.54) is 0 Å². The molecule has 1 heterocycles. The Kier molecular flexibility index (Phi) is 1.94. The molecule has 0 radical (unpaired) electrons. The van der Waals surface area contributed by atoms with Crippen LogP contribution in [0.15, 0.2) is 33.9 Å². The van der Waals surface area contributed by atoms with Crippen LogP contribution in [-0.4, -0.2) is 6.21 Å². The van der Waals surface area contributed by atoms with Gasteiger partial charge in [-0.1, -0.05) is 0 Å². The number of nitrogens with zero attached hydrogens (tertiary/aromatic N) is 2. The van der Waals surface area contributed by atoms with Crippen LogP contribution in [0.3, 0.4) is 0 Å². The van der Waals surface area contributed by atoms with Crippen molar-refractivity contribution in [2.45, 2.75) is 6.92 Å². The van der Waals surface area contributed by atoms with Crippen molar-refractivity contribution >= 4 is 6.21 Å². The minimum atomic E-state index is 0.584. The second kappa shape index (κ2) is 2.91. The molecule has 0 spiro atoms. The topological polar surface area (TPSA) is 60.6 Å². The van der Waals surface area contributed by atoms with E-state index in [0.29, 0.717) is 11.5 Å². The van der Waals surface area contributed by atoms with Crippen LogP contribution in [0.1, 0.15) is 6.92 Å². The van der Waals surface area contributed by atoms with Gasteiger partial charge in [0.15, 0.2) is 5.82 Å². The maximum Gasteiger partial charge on any atom is 0.153 e. The number of allylic oxidation sites excluding steroid dienone is 2. The Bertz CT molecular complexity index is 224. The molecule has 0 aliphatic carbocycles. The molecule has 0 aromatic carbocycles. The van der Waals surface area contributed by atoms with Crippen LogP contribution in [-0.2, 0) is 0 Å². The Morgan fingerprint density at radius 2 is 2.60 bits per heavy atom. The van der Waals surface area contributed by atoms with Gasteiger partial charge >= 0.3 is 0 Å². The first-order valence-electron chi connectivity index (χ1n) is 2.88. The summed E-state index contributed by atoms with van der Waals surface area (Å²) < 4.78 is 0. The van der Waals surface area contributed by atoms with Gasteiger partial charge < -0.3 is 5.32 Å². The van der Waals surface area contributed by atoms with Gasteiger partial charge in [0.05, 0.1) is 0 Å². The summed E-state index contributed by atoms with van der Waals surface area (Å²) in [5, 5.41) is 6.09. The fourth-order valence-electron chi connectivity index (χ4n) is 0.576. The fraction of sp³-hybridized carbons (Fsp3) is 0.167. The van der Waals surface area contributed by atoms with Gasteiger partial charge in [-0.05, 0) is 13.0 Å². The van der Waals surface area contributed by atoms with Crippen molar-refractivity contribution in [2.24, 2.45) is 10.1 Å². The summed E-state index contributed by atoms with van der Waals surface area (Å²) in [5.41, 5.74) is 7.26. The molecule has 4 nitrogen and oxygen atoms in total. The summed E-state index contributed by atoms with van der Waals surface area (Å²) in [6.45, 7) is 1.73. The Morgan fingerprint density at radius 1 is 1.80 bits per heavy atom. The summed E-state index contributed by atoms with van der Waals surface area (Å²) in [7, 11) is 0. The van der Waals surface area contributed by atoms with E-state index in [-0.39, 0.29) is 0 Å². The highest BCUT2D eigenvalue weighted by atomic mass is 15.1. The molecule has 1 aliphatic heterocycles. The van der Waals surface area contributed by atoms with E-state index in [2.05, 4.69) is 15.4 Å². The molecule has 0 amide bonds. The standard InChI is InChI=1S/C6H8N4/c1-5(10-7)6-8-3-2-4-9-6/h2-4,7-8H,1H3/b6-5+,10-7?. The van der Waals surface area contributed by atoms with Crippen molar-refractivity contribution in [1.29, 1.82) is 5.53 Å². The predicted molar refractivity (Wildman–Crippen MR) is 38.6 cm³/mol. The first kappa shape index (κ1) is 6.67. The Labute approximate surface area is 58.9 Å². The summed E-state index contributed by atoms with van der Waals surface area (Å²) in [6, 6.07) is 0. The van der Waals surface area contributed by atoms with Gasteiger partial charge in [-0.25, -0.2) is 10.5 Å². The van der Waals surface area contributed by atoms with E-state index in [9.17, 15) is 0 Å². The molecule has 0 fully saturated rings. The molecule has 0 unspecified atom stereocenters. The van der Waals surface area contributed by atoms with Gasteiger partial charge in [0.2, 0.25) is 0 Å². The zero-order valence-corrected chi connectivity index (χ0v) is 5.63. The summed E-state index contributed by atoms with van der Waals surface area (Å²) >= 11 is 0. The zero-order valence-electron chi connectivity index (χ0n) is 5.63. The van der Waals surface area contributed by atoms with E-state index in [4.69, 9.17) is 5.53 Å². The lowest BCUT2D eigenvalue weighted by molar-refractivity contribution is 0.929. The number of aliphatic imine (C=N–C) groups is 1. The molecule has 1 aliphatic rings. The van der Waals surface area contributed by atoms with Crippen LogP contribution in [0.25, 0.3) is 0 Å². The molecule has 1 rings (SSSR count). The molecule has 0 aromatic heterocycles. The molecule has 10 heavy (non-hydrogen) atoms. The van der Waals surface area contributed by atoms with E-state index < -0.39 is 0 Å². The first-order valence-corrected chi connectivity index (χ1v) is 2.88. The van der Waals surface area contributed by atoms with Crippen molar-refractivity contribution in [3.63, 3.8) is 0 Å². The predicted octanol–water partition coefficient (Wildman–Crippen LogP) is 1.39. The average molecular weight is 136 g/mol. The molecule has 0 bridgehead atoms. The van der Waals surface area contributed by atoms with Crippen LogP contribution < -0.4 is 5.32 Å². The van der Waals surface area contributed by atoms with Crippen molar-refractivity contribution in [1.82, 2.24) is 5.32 Å². The van der Waals surface area contributed by atoms with Crippen molar-refractivity contribution in [3.05, 3.63) is 23.8 Å². The molecule has 0 atom stereocenters. The van der Waals surface area contributed by atoms with Crippen molar-refractivity contribution in [2.75, 3.05) is 0 Å². The van der Waals surface area contributed by atoms with Crippen molar-refractivity contribution < 1.29 is 0 Å². The zero-order chi connectivity index (χ0) is 7.40. The number of nitrogens with one attached hydrogen (secondary N) is 2. The van der Waals surface area contributed by atoms with Gasteiger partial charge in [0.25, 0.3) is 0 Å². The third-order valence-electron chi connectivity index (χ3n) is 1.12. The molecule has 4 heteroatoms. The molecule has 52 valence electrons. The molecule has 2 N–H and O–H groups in total. The molecule has 0 saturated carbocycles. The second-order valence-corrected chi connectivity index (χ2v) is 1.83. The third kappa shape index (κ3) is 1.28. The minimum absolute atomic E-state index is 0.584. The Balaban J connectivity index is 2.84. The van der Waals surface area contributed by atoms with Crippen LogP contribution in [0.5, 0.6) is 0 Å². The van der Waals surface area contributed by atoms with Crippen LogP contribution in [0.4, 0.5) is 0 Å². The average Bonchev–Trinajstić information content (AvgIpc) is 2.05. The number of rotatable bonds is 1. The number of hydrogen-bond acceptors (Lipinski definition) is 4. The van der Waals surface area contributed by atoms with E-state index in [1.807, 2.05) is 0 Å². The smallest absolute Gasteiger partial charge is 0.153 e. The van der Waals surface area contributed by atoms with Crippen LogP contribution in [0, 0.1) is 5.53 Å². The fourth-order valence-corrected chi connectivity index (χ4v) is 0.576. The monoisotopic (exact) mass is 136 g/mol. The third-order valence-corrected chi connectivity index (χ3v) is 1.12. The lowest BCUT2D eigenvalue weighted by Gasteiger charge is -2.04. The quantitative estimate of drug-likeness (QED) is 0.526. The summed E-state index contributed by atoms with van der Waals surface area (Å²) in [6.07, 6.45) is 5.18. The normalized spacial score (nSPS) is 20.1. The largest absolute Gasteiger partial charge is 0.345 e. The molecule has 0 aromatic rings. The lowest BCUT2D eigenvalue weighted by atomic mass is 10.4. The number of hydrogen-bond donors (Lipinski definition) is 2. The van der Waals surface area contributed by atoms with Gasteiger partial charge in [-0.15, -0.1) is 0 Å². The first-order chi connectivity index (χ1) is 4.84. The van der Waals surface area contributed by atoms with Crippen LogP contribution in [0.2, 0.25) is 0 Å². The molecular weight excluding hydrogens is 128 g/mol. The second-order valence-electron chi connectivity index (χ2n) is 1.83. The highest BCUT2D eigenvalue weighted by molar-refractivity contribution is 5.73.